The highest BCUT2D eigenvalue weighted by molar-refractivity contribution is 6.72. The van der Waals surface area contributed by atoms with Gasteiger partial charge in [0.2, 0.25) is 11.8 Å². The normalized spacial score (nSPS) is 18.8. The molecule has 2 amide bonds. The van der Waals surface area contributed by atoms with Gasteiger partial charge in [-0.1, -0.05) is 19.9 Å². The van der Waals surface area contributed by atoms with Gasteiger partial charge in [-0.25, -0.2) is 9.37 Å². The molecule has 57 heavy (non-hydrogen) atoms. The molecule has 1 N–H and O–H groups in total. The number of carbonyl (C=O) groups excluding carboxylic acids is 2. The van der Waals surface area contributed by atoms with Gasteiger partial charge in [-0.05, 0) is 105 Å². The smallest absolute Gasteiger partial charge is 0.416 e. The Kier molecular flexibility index (Phi) is 12.1. The average Bonchev–Trinajstić information content (AvgIpc) is 3.11. The molecule has 3 aromatic rings. The Morgan fingerprint density at radius 1 is 0.877 bits per heavy atom. The van der Waals surface area contributed by atoms with E-state index >= 15 is 0 Å². The van der Waals surface area contributed by atoms with E-state index in [0.717, 1.165) is 6.42 Å². The molecule has 2 atom stereocenters. The van der Waals surface area contributed by atoms with E-state index in [1.165, 1.54) is 44.1 Å². The summed E-state index contributed by atoms with van der Waals surface area (Å²) in [5, 5.41) is -0.313. The summed E-state index contributed by atoms with van der Waals surface area (Å²) in [6, 6.07) is 6.99. The number of anilines is 2. The Morgan fingerprint density at radius 2 is 1.47 bits per heavy atom. The quantitative estimate of drug-likeness (QED) is 0.172. The van der Waals surface area contributed by atoms with Gasteiger partial charge in [0.1, 0.15) is 11.6 Å². The van der Waals surface area contributed by atoms with E-state index in [-0.39, 0.29) is 34.8 Å². The fraction of sp³-hybridized carbons (Fsp3) is 0.537. The molecule has 3 heterocycles. The minimum Gasteiger partial charge on any atom is -0.432 e. The lowest BCUT2D eigenvalue weighted by molar-refractivity contribution is -0.143. The van der Waals surface area contributed by atoms with Gasteiger partial charge < -0.3 is 19.5 Å². The number of pyridine rings is 1. The van der Waals surface area contributed by atoms with Crippen LogP contribution in [0.3, 0.4) is 0 Å². The molecule has 2 fully saturated rings. The van der Waals surface area contributed by atoms with Crippen molar-refractivity contribution < 1.29 is 45.1 Å². The summed E-state index contributed by atoms with van der Waals surface area (Å²) in [6.45, 7) is 16.7. The third-order valence-electron chi connectivity index (χ3n) is 12.3. The average molecular weight is 824 g/mol. The number of aryl methyl sites for hydroxylation is 1. The predicted molar refractivity (Wildman–Crippen MR) is 209 cm³/mol. The first-order valence-electron chi connectivity index (χ1n) is 18.9. The van der Waals surface area contributed by atoms with Crippen LogP contribution in [-0.4, -0.2) is 91.6 Å². The van der Waals surface area contributed by atoms with Crippen LogP contribution in [0.1, 0.15) is 69.7 Å². The number of fused-ring (bicyclic) bond motifs is 1. The highest BCUT2D eigenvalue weighted by Gasteiger charge is 2.44. The van der Waals surface area contributed by atoms with Crippen LogP contribution < -0.4 is 9.80 Å². The van der Waals surface area contributed by atoms with Crippen LogP contribution in [0.15, 0.2) is 48.7 Å². The van der Waals surface area contributed by atoms with Crippen LogP contribution in [-0.2, 0) is 27.4 Å². The van der Waals surface area contributed by atoms with Gasteiger partial charge in [0, 0.05) is 64.3 Å². The fourth-order valence-electron chi connectivity index (χ4n) is 7.67. The van der Waals surface area contributed by atoms with Crippen molar-refractivity contribution in [3.05, 3.63) is 76.7 Å². The number of alkyl halides is 6. The van der Waals surface area contributed by atoms with Gasteiger partial charge in [0.25, 0.3) is 0 Å². The lowest BCUT2D eigenvalue weighted by atomic mass is 9.81. The topological polar surface area (TPSA) is 80.2 Å². The van der Waals surface area contributed by atoms with Crippen molar-refractivity contribution in [2.75, 3.05) is 49.6 Å². The second-order valence-electron chi connectivity index (χ2n) is 17.2. The number of rotatable bonds is 9. The van der Waals surface area contributed by atoms with Crippen molar-refractivity contribution in [1.29, 1.82) is 0 Å². The number of likely N-dealkylation sites (N-methyl/N-ethyl adjacent to an activating group) is 1. The summed E-state index contributed by atoms with van der Waals surface area (Å²) < 4.78 is 97.6. The molecule has 16 heteroatoms. The Morgan fingerprint density at radius 3 is 2.02 bits per heavy atom. The van der Waals surface area contributed by atoms with Gasteiger partial charge in [-0.2, -0.15) is 26.3 Å². The predicted octanol–water partition coefficient (Wildman–Crippen LogP) is 8.65. The molecule has 0 radical (unpaired) electrons. The van der Waals surface area contributed by atoms with Crippen LogP contribution in [0.25, 0.3) is 11.1 Å². The van der Waals surface area contributed by atoms with Crippen LogP contribution >= 0.6 is 0 Å². The zero-order valence-electron chi connectivity index (χ0n) is 33.9. The van der Waals surface area contributed by atoms with Crippen molar-refractivity contribution in [3.63, 3.8) is 0 Å². The van der Waals surface area contributed by atoms with E-state index in [1.54, 1.807) is 26.0 Å². The molecule has 2 aliphatic heterocycles. The van der Waals surface area contributed by atoms with Crippen molar-refractivity contribution in [3.8, 4) is 11.1 Å². The summed E-state index contributed by atoms with van der Waals surface area (Å²) in [6.07, 6.45) is -7.32. The first kappa shape index (κ1) is 44.1. The second kappa shape index (κ2) is 15.6. The summed E-state index contributed by atoms with van der Waals surface area (Å²) in [5.74, 6) is -0.786. The highest BCUT2D eigenvalue weighted by atomic mass is 28.4. The number of aromatic nitrogens is 1. The van der Waals surface area contributed by atoms with Crippen LogP contribution in [0.5, 0.6) is 0 Å². The molecule has 2 aromatic carbocycles. The number of halogens is 7. The third kappa shape index (κ3) is 9.33. The molecule has 1 aromatic heterocycles. The van der Waals surface area contributed by atoms with E-state index in [1.807, 2.05) is 18.0 Å². The molecule has 0 aliphatic carbocycles. The van der Waals surface area contributed by atoms with Crippen molar-refractivity contribution in [1.82, 2.24) is 14.8 Å². The summed E-state index contributed by atoms with van der Waals surface area (Å²) >= 11 is 0. The zero-order valence-corrected chi connectivity index (χ0v) is 34.9. The number of hydrogen-bond donors (Lipinski definition) is 1. The van der Waals surface area contributed by atoms with E-state index < -0.39 is 54.5 Å². The van der Waals surface area contributed by atoms with Crippen LogP contribution in [0.4, 0.5) is 42.2 Å². The van der Waals surface area contributed by atoms with Crippen molar-refractivity contribution in [2.24, 2.45) is 0 Å². The van der Waals surface area contributed by atoms with E-state index in [0.29, 0.717) is 73.8 Å². The SMILES string of the molecule is CC(=O)N1CCN2C[C@@H](CCC(C)(C)[Si](C)(C)O)N(c3cc(-c4ccc(F)cc4C)c(N(C)C(=O)C(C)(C)c4cc(C(F)(F)F)cc(C(F)(F)F)c4)cn3)CC2C1. The molecular formula is C41H52F7N5O3Si. The maximum Gasteiger partial charge on any atom is 0.416 e. The van der Waals surface area contributed by atoms with Crippen LogP contribution in [0, 0.1) is 12.7 Å². The zero-order chi connectivity index (χ0) is 42.6. The van der Waals surface area contributed by atoms with Gasteiger partial charge in [-0.15, -0.1) is 0 Å². The van der Waals surface area contributed by atoms with Crippen LogP contribution in [0.2, 0.25) is 18.1 Å². The number of piperazine rings is 2. The largest absolute Gasteiger partial charge is 0.432 e. The first-order chi connectivity index (χ1) is 26.1. The van der Waals surface area contributed by atoms with E-state index in [2.05, 4.69) is 23.6 Å². The van der Waals surface area contributed by atoms with E-state index in [9.17, 15) is 45.1 Å². The van der Waals surface area contributed by atoms with Gasteiger partial charge in [-0.3, -0.25) is 14.5 Å². The summed E-state index contributed by atoms with van der Waals surface area (Å²) in [5.41, 5.74) is -3.71. The third-order valence-corrected chi connectivity index (χ3v) is 15.8. The molecular weight excluding hydrogens is 772 g/mol. The Balaban J connectivity index is 1.61. The molecule has 2 aliphatic rings. The molecule has 2 saturated heterocycles. The number of amides is 2. The molecule has 0 saturated carbocycles. The van der Waals surface area contributed by atoms with Crippen molar-refractivity contribution >= 4 is 31.6 Å². The fourth-order valence-corrected chi connectivity index (χ4v) is 8.43. The maximum absolute atomic E-state index is 14.5. The number of benzene rings is 2. The Hall–Kier alpha value is -4.02. The number of nitrogens with zero attached hydrogens (tertiary/aromatic N) is 5. The lowest BCUT2D eigenvalue weighted by Gasteiger charge is -2.51. The minimum atomic E-state index is -5.11. The molecule has 1 unspecified atom stereocenters. The highest BCUT2D eigenvalue weighted by Crippen LogP contribution is 2.44. The molecule has 0 spiro atoms. The van der Waals surface area contributed by atoms with Gasteiger partial charge >= 0.3 is 12.4 Å². The van der Waals surface area contributed by atoms with Crippen molar-refractivity contribution in [2.45, 2.75) is 102 Å². The second-order valence-corrected chi connectivity index (χ2v) is 21.7. The minimum absolute atomic E-state index is 0.0212. The molecule has 0 bridgehead atoms. The molecule has 312 valence electrons. The number of hydrogen-bond acceptors (Lipinski definition) is 6. The van der Waals surface area contributed by atoms with E-state index in [4.69, 9.17) is 4.98 Å². The Labute approximate surface area is 330 Å². The van der Waals surface area contributed by atoms with Gasteiger partial charge in [0.05, 0.1) is 28.4 Å². The standard InChI is InChI=1S/C41H52F7N5O3Si/c1-25-16-30(42)10-11-33(25)34-20-36(53-24-32-23-51(26(2)54)14-15-52(32)22-31(53)12-13-38(3,4)57(8,9)56)49-21-35(34)50(7)37(55)39(5,6)27-17-28(40(43,44)45)19-29(18-27)41(46,47)48/h10-11,16-21,31-32,56H,12-15,22-24H2,1-9H3/t31-,32?/m1/s1. The molecule has 5 rings (SSSR count). The number of carbonyl (C=O) groups is 2. The monoisotopic (exact) mass is 823 g/mol. The first-order valence-corrected chi connectivity index (χ1v) is 21.9. The lowest BCUT2D eigenvalue weighted by Crippen LogP contribution is -2.65. The maximum atomic E-state index is 14.5. The van der Waals surface area contributed by atoms with Gasteiger partial charge in [0.15, 0.2) is 8.32 Å². The Bertz CT molecular complexity index is 1960. The summed E-state index contributed by atoms with van der Waals surface area (Å²) in [4.78, 5) is 50.2. The molecule has 8 nitrogen and oxygen atoms in total. The summed E-state index contributed by atoms with van der Waals surface area (Å²) in [7, 11) is -1.18.